The van der Waals surface area contributed by atoms with E-state index in [1.54, 1.807) is 6.92 Å². The van der Waals surface area contributed by atoms with Crippen LogP contribution >= 0.6 is 11.3 Å². The van der Waals surface area contributed by atoms with Gasteiger partial charge in [0.15, 0.2) is 11.6 Å². The standard InChI is InChI=1S/C25H28N4OS/c1-5-6-22-28-23-24(29(22)14-15(2)3)19-11-8-17(13-20(19)27-25(23)26)7-9-18-10-12-21(31-18)16(4)30/h7-13,15H,5-6,14H2,1-4H3,(H2,26,27)/b9-7+. The van der Waals surface area contributed by atoms with Crippen LogP contribution in [0.5, 0.6) is 0 Å². The van der Waals surface area contributed by atoms with E-state index in [4.69, 9.17) is 10.7 Å². The summed E-state index contributed by atoms with van der Waals surface area (Å²) in [6.07, 6.45) is 6.04. The van der Waals surface area contributed by atoms with E-state index in [2.05, 4.69) is 48.5 Å². The Hall–Kier alpha value is -2.99. The number of imidazole rings is 1. The molecule has 0 radical (unpaired) electrons. The molecule has 0 amide bonds. The Kier molecular flexibility index (Phi) is 5.92. The van der Waals surface area contributed by atoms with E-state index in [0.29, 0.717) is 11.7 Å². The second-order valence-corrected chi connectivity index (χ2v) is 9.46. The summed E-state index contributed by atoms with van der Waals surface area (Å²) in [4.78, 5) is 22.9. The number of nitrogen functional groups attached to an aromatic ring is 1. The van der Waals surface area contributed by atoms with E-state index >= 15 is 0 Å². The summed E-state index contributed by atoms with van der Waals surface area (Å²) in [5, 5.41) is 1.08. The van der Waals surface area contributed by atoms with Crippen LogP contribution in [0.1, 0.15) is 60.1 Å². The minimum absolute atomic E-state index is 0.0968. The lowest BCUT2D eigenvalue weighted by molar-refractivity contribution is 0.102. The first kappa shape index (κ1) is 21.2. The van der Waals surface area contributed by atoms with E-state index in [9.17, 15) is 4.79 Å². The van der Waals surface area contributed by atoms with E-state index in [1.807, 2.05) is 24.3 Å². The molecule has 0 aliphatic carbocycles. The lowest BCUT2D eigenvalue weighted by Gasteiger charge is -2.13. The van der Waals surface area contributed by atoms with Gasteiger partial charge in [-0.3, -0.25) is 4.79 Å². The molecule has 2 N–H and O–H groups in total. The number of Topliss-reactive ketones (excluding diaryl/α,β-unsaturated/α-hetero) is 1. The van der Waals surface area contributed by atoms with Crippen molar-refractivity contribution in [3.63, 3.8) is 0 Å². The van der Waals surface area contributed by atoms with Gasteiger partial charge in [0.1, 0.15) is 11.3 Å². The summed E-state index contributed by atoms with van der Waals surface area (Å²) in [7, 11) is 0. The molecule has 0 fully saturated rings. The number of benzene rings is 1. The molecule has 3 aromatic heterocycles. The second kappa shape index (κ2) is 8.63. The fourth-order valence-corrected chi connectivity index (χ4v) is 4.67. The summed E-state index contributed by atoms with van der Waals surface area (Å²) in [5.41, 5.74) is 10.1. The van der Waals surface area contributed by atoms with Crippen LogP contribution in [0.25, 0.3) is 34.1 Å². The van der Waals surface area contributed by atoms with Gasteiger partial charge in [0, 0.05) is 23.2 Å². The van der Waals surface area contributed by atoms with Gasteiger partial charge >= 0.3 is 0 Å². The van der Waals surface area contributed by atoms with Gasteiger partial charge in [0.25, 0.3) is 0 Å². The molecule has 5 nitrogen and oxygen atoms in total. The highest BCUT2D eigenvalue weighted by Crippen LogP contribution is 2.31. The largest absolute Gasteiger partial charge is 0.382 e. The zero-order valence-corrected chi connectivity index (χ0v) is 19.3. The summed E-state index contributed by atoms with van der Waals surface area (Å²) in [5.74, 6) is 2.16. The van der Waals surface area contributed by atoms with Crippen molar-refractivity contribution in [3.05, 3.63) is 51.5 Å². The molecule has 3 heterocycles. The Balaban J connectivity index is 1.80. The predicted molar refractivity (Wildman–Crippen MR) is 132 cm³/mol. The third-order valence-corrected chi connectivity index (χ3v) is 6.39. The number of hydrogen-bond donors (Lipinski definition) is 1. The second-order valence-electron chi connectivity index (χ2n) is 8.34. The van der Waals surface area contributed by atoms with Gasteiger partial charge in [0.2, 0.25) is 0 Å². The fraction of sp³-hybridized carbons (Fsp3) is 0.320. The molecule has 4 aromatic rings. The van der Waals surface area contributed by atoms with Crippen molar-refractivity contribution in [2.75, 3.05) is 5.73 Å². The van der Waals surface area contributed by atoms with Gasteiger partial charge < -0.3 is 10.3 Å². The fourth-order valence-electron chi connectivity index (χ4n) is 3.86. The molecular weight excluding hydrogens is 404 g/mol. The number of nitrogens with zero attached hydrogens (tertiary/aromatic N) is 3. The Morgan fingerprint density at radius 1 is 1.19 bits per heavy atom. The van der Waals surface area contributed by atoms with Crippen molar-refractivity contribution in [2.24, 2.45) is 5.92 Å². The summed E-state index contributed by atoms with van der Waals surface area (Å²) < 4.78 is 2.33. The van der Waals surface area contributed by atoms with Gasteiger partial charge in [-0.25, -0.2) is 9.97 Å². The predicted octanol–water partition coefficient (Wildman–Crippen LogP) is 6.21. The van der Waals surface area contributed by atoms with E-state index < -0.39 is 0 Å². The smallest absolute Gasteiger partial charge is 0.169 e. The molecule has 0 saturated carbocycles. The summed E-state index contributed by atoms with van der Waals surface area (Å²) in [6, 6.07) is 10.1. The highest BCUT2D eigenvalue weighted by molar-refractivity contribution is 7.14. The number of aromatic nitrogens is 3. The highest BCUT2D eigenvalue weighted by atomic mass is 32.1. The molecule has 31 heavy (non-hydrogen) atoms. The van der Waals surface area contributed by atoms with Crippen LogP contribution in [0.4, 0.5) is 5.82 Å². The van der Waals surface area contributed by atoms with Crippen LogP contribution in [-0.2, 0) is 13.0 Å². The van der Waals surface area contributed by atoms with Crippen molar-refractivity contribution in [1.82, 2.24) is 14.5 Å². The molecular formula is C25H28N4OS. The number of aryl methyl sites for hydroxylation is 1. The number of carbonyl (C=O) groups is 1. The maximum atomic E-state index is 11.5. The number of carbonyl (C=O) groups excluding carboxylic acids is 1. The molecule has 0 atom stereocenters. The Morgan fingerprint density at radius 2 is 2.00 bits per heavy atom. The van der Waals surface area contributed by atoms with Gasteiger partial charge in [-0.1, -0.05) is 39.0 Å². The summed E-state index contributed by atoms with van der Waals surface area (Å²) >= 11 is 1.50. The number of nitrogens with two attached hydrogens (primary N) is 1. The molecule has 0 spiro atoms. The molecule has 4 rings (SSSR count). The highest BCUT2D eigenvalue weighted by Gasteiger charge is 2.17. The van der Waals surface area contributed by atoms with E-state index in [0.717, 1.165) is 62.5 Å². The molecule has 0 bridgehead atoms. The maximum absolute atomic E-state index is 11.5. The number of fused-ring (bicyclic) bond motifs is 3. The van der Waals surface area contributed by atoms with Crippen LogP contribution in [-0.4, -0.2) is 20.3 Å². The Bertz CT molecular complexity index is 1300. The Morgan fingerprint density at radius 3 is 2.68 bits per heavy atom. The van der Waals surface area contributed by atoms with Crippen LogP contribution < -0.4 is 5.73 Å². The first-order chi connectivity index (χ1) is 14.9. The molecule has 0 saturated heterocycles. The van der Waals surface area contributed by atoms with Crippen LogP contribution in [0.3, 0.4) is 0 Å². The third-order valence-electron chi connectivity index (χ3n) is 5.24. The number of rotatable bonds is 7. The van der Waals surface area contributed by atoms with Crippen LogP contribution in [0.15, 0.2) is 30.3 Å². The normalized spacial score (nSPS) is 12.0. The zero-order chi connectivity index (χ0) is 22.1. The Labute approximate surface area is 186 Å². The minimum atomic E-state index is 0.0968. The van der Waals surface area contributed by atoms with Gasteiger partial charge in [0.05, 0.1) is 15.9 Å². The van der Waals surface area contributed by atoms with Crippen molar-refractivity contribution in [2.45, 2.75) is 47.1 Å². The average molecular weight is 433 g/mol. The molecule has 0 aliphatic rings. The monoisotopic (exact) mass is 432 g/mol. The lowest BCUT2D eigenvalue weighted by Crippen LogP contribution is -2.09. The van der Waals surface area contributed by atoms with Crippen LogP contribution in [0.2, 0.25) is 0 Å². The van der Waals surface area contributed by atoms with Gasteiger partial charge in [-0.15, -0.1) is 11.3 Å². The van der Waals surface area contributed by atoms with E-state index in [1.165, 1.54) is 11.3 Å². The zero-order valence-electron chi connectivity index (χ0n) is 18.5. The molecule has 6 heteroatoms. The molecule has 160 valence electrons. The van der Waals surface area contributed by atoms with Crippen molar-refractivity contribution >= 4 is 57.0 Å². The molecule has 0 aliphatic heterocycles. The molecule has 1 aromatic carbocycles. The first-order valence-corrected chi connectivity index (χ1v) is 11.6. The molecule has 0 unspecified atom stereocenters. The minimum Gasteiger partial charge on any atom is -0.382 e. The van der Waals surface area contributed by atoms with E-state index in [-0.39, 0.29) is 5.78 Å². The van der Waals surface area contributed by atoms with Gasteiger partial charge in [-0.2, -0.15) is 0 Å². The number of anilines is 1. The first-order valence-electron chi connectivity index (χ1n) is 10.7. The lowest BCUT2D eigenvalue weighted by atomic mass is 10.1. The topological polar surface area (TPSA) is 73.8 Å². The quantitative estimate of drug-likeness (QED) is 0.352. The van der Waals surface area contributed by atoms with Crippen molar-refractivity contribution in [3.8, 4) is 0 Å². The number of thiophene rings is 1. The number of ketones is 1. The maximum Gasteiger partial charge on any atom is 0.169 e. The number of hydrogen-bond acceptors (Lipinski definition) is 5. The number of pyridine rings is 1. The summed E-state index contributed by atoms with van der Waals surface area (Å²) in [6.45, 7) is 9.11. The average Bonchev–Trinajstić information content (AvgIpc) is 3.33. The third kappa shape index (κ3) is 4.26. The van der Waals surface area contributed by atoms with Crippen LogP contribution in [0, 0.1) is 5.92 Å². The SMILES string of the molecule is CCCc1nc2c(N)nc3cc(/C=C/c4ccc(C(C)=O)s4)ccc3c2n1CC(C)C. The van der Waals surface area contributed by atoms with Crippen molar-refractivity contribution in [1.29, 1.82) is 0 Å². The van der Waals surface area contributed by atoms with Crippen molar-refractivity contribution < 1.29 is 4.79 Å². The van der Waals surface area contributed by atoms with Gasteiger partial charge in [-0.05, 0) is 49.1 Å².